The van der Waals surface area contributed by atoms with Crippen molar-refractivity contribution in [3.05, 3.63) is 0 Å². The highest BCUT2D eigenvalue weighted by Gasteiger charge is 2.25. The number of carbonyl (C=O) groups is 1. The van der Waals surface area contributed by atoms with Crippen LogP contribution >= 0.6 is 0 Å². The molecule has 2 N–H and O–H groups in total. The first kappa shape index (κ1) is 14.3. The topological polar surface area (TPSA) is 58.6 Å². The van der Waals surface area contributed by atoms with E-state index in [1.54, 1.807) is 0 Å². The van der Waals surface area contributed by atoms with Crippen LogP contribution < -0.4 is 5.32 Å². The van der Waals surface area contributed by atoms with Crippen LogP contribution in [0, 0.1) is 11.8 Å². The number of alkyl carbamates (subject to hydrolysis) is 1. The standard InChI is InChI=1S/C13H25NO3/c1-13(2,3)17-12(16)14-8-10-6-4-5-7-11(10)9-15/h10-11,15H,4-9H2,1-3H3,(H,14,16)/t10-,11+/m0/s1. The van der Waals surface area contributed by atoms with E-state index in [1.807, 2.05) is 20.8 Å². The molecule has 0 radical (unpaired) electrons. The molecule has 1 aliphatic rings. The van der Waals surface area contributed by atoms with E-state index in [-0.39, 0.29) is 12.7 Å². The van der Waals surface area contributed by atoms with Gasteiger partial charge in [-0.1, -0.05) is 12.8 Å². The number of amides is 1. The summed E-state index contributed by atoms with van der Waals surface area (Å²) < 4.78 is 5.19. The van der Waals surface area contributed by atoms with Crippen molar-refractivity contribution in [2.45, 2.75) is 52.1 Å². The Balaban J connectivity index is 2.31. The van der Waals surface area contributed by atoms with Gasteiger partial charge in [0.15, 0.2) is 0 Å². The molecular formula is C13H25NO3. The molecule has 1 rings (SSSR count). The fraction of sp³-hybridized carbons (Fsp3) is 0.923. The third kappa shape index (κ3) is 5.39. The number of nitrogens with one attached hydrogen (secondary N) is 1. The molecule has 0 aliphatic heterocycles. The second-order valence-corrected chi connectivity index (χ2v) is 5.87. The maximum Gasteiger partial charge on any atom is 0.407 e. The minimum atomic E-state index is -0.451. The van der Waals surface area contributed by atoms with Gasteiger partial charge in [-0.25, -0.2) is 4.79 Å². The summed E-state index contributed by atoms with van der Waals surface area (Å²) in [6.45, 7) is 6.39. The lowest BCUT2D eigenvalue weighted by atomic mass is 9.80. The van der Waals surface area contributed by atoms with Crippen LogP contribution in [-0.4, -0.2) is 30.0 Å². The van der Waals surface area contributed by atoms with Crippen LogP contribution in [0.3, 0.4) is 0 Å². The van der Waals surface area contributed by atoms with Crippen LogP contribution in [0.4, 0.5) is 4.79 Å². The van der Waals surface area contributed by atoms with E-state index in [0.29, 0.717) is 18.4 Å². The molecule has 1 amide bonds. The van der Waals surface area contributed by atoms with Crippen LogP contribution in [-0.2, 0) is 4.74 Å². The van der Waals surface area contributed by atoms with Gasteiger partial charge in [0.1, 0.15) is 5.60 Å². The van der Waals surface area contributed by atoms with Crippen LogP contribution in [0.2, 0.25) is 0 Å². The fourth-order valence-electron chi connectivity index (χ4n) is 2.32. The van der Waals surface area contributed by atoms with Crippen molar-refractivity contribution >= 4 is 6.09 Å². The molecular weight excluding hydrogens is 218 g/mol. The number of aliphatic hydroxyl groups excluding tert-OH is 1. The molecule has 1 saturated carbocycles. The molecule has 100 valence electrons. The Morgan fingerprint density at radius 2 is 1.88 bits per heavy atom. The Hall–Kier alpha value is -0.770. The molecule has 4 heteroatoms. The highest BCUT2D eigenvalue weighted by atomic mass is 16.6. The summed E-state index contributed by atoms with van der Waals surface area (Å²) in [5.41, 5.74) is -0.451. The average Bonchev–Trinajstić information content (AvgIpc) is 2.24. The van der Waals surface area contributed by atoms with Gasteiger partial charge >= 0.3 is 6.09 Å². The van der Waals surface area contributed by atoms with Gasteiger partial charge in [0.05, 0.1) is 0 Å². The molecule has 0 bridgehead atoms. The molecule has 1 fully saturated rings. The molecule has 4 nitrogen and oxygen atoms in total. The van der Waals surface area contributed by atoms with Crippen molar-refractivity contribution in [1.29, 1.82) is 0 Å². The van der Waals surface area contributed by atoms with Gasteiger partial charge in [-0.15, -0.1) is 0 Å². The molecule has 0 aromatic rings. The van der Waals surface area contributed by atoms with E-state index in [2.05, 4.69) is 5.32 Å². The van der Waals surface area contributed by atoms with Gasteiger partial charge in [-0.05, 0) is 45.4 Å². The molecule has 2 atom stereocenters. The third-order valence-electron chi connectivity index (χ3n) is 3.21. The van der Waals surface area contributed by atoms with Gasteiger partial charge in [0.2, 0.25) is 0 Å². The van der Waals surface area contributed by atoms with Crippen LogP contribution in [0.25, 0.3) is 0 Å². The molecule has 0 heterocycles. The van der Waals surface area contributed by atoms with Crippen molar-refractivity contribution in [2.75, 3.05) is 13.2 Å². The second kappa shape index (κ2) is 6.24. The van der Waals surface area contributed by atoms with E-state index >= 15 is 0 Å². The van der Waals surface area contributed by atoms with Crippen LogP contribution in [0.1, 0.15) is 46.5 Å². The minimum Gasteiger partial charge on any atom is -0.444 e. The summed E-state index contributed by atoms with van der Waals surface area (Å²) in [4.78, 5) is 11.5. The van der Waals surface area contributed by atoms with E-state index in [1.165, 1.54) is 12.8 Å². The number of rotatable bonds is 3. The average molecular weight is 243 g/mol. The van der Waals surface area contributed by atoms with Gasteiger partial charge < -0.3 is 15.2 Å². The van der Waals surface area contributed by atoms with E-state index < -0.39 is 5.60 Å². The summed E-state index contributed by atoms with van der Waals surface area (Å²) in [6.07, 6.45) is 4.17. The van der Waals surface area contributed by atoms with Crippen molar-refractivity contribution < 1.29 is 14.6 Å². The van der Waals surface area contributed by atoms with Crippen molar-refractivity contribution in [2.24, 2.45) is 11.8 Å². The summed E-state index contributed by atoms with van der Waals surface area (Å²) in [5.74, 6) is 0.722. The highest BCUT2D eigenvalue weighted by molar-refractivity contribution is 5.67. The van der Waals surface area contributed by atoms with Crippen LogP contribution in [0.5, 0.6) is 0 Å². The summed E-state index contributed by atoms with van der Waals surface area (Å²) in [5, 5.41) is 12.1. The Labute approximate surface area is 104 Å². The van der Waals surface area contributed by atoms with Gasteiger partial charge in [0, 0.05) is 13.2 Å². The lowest BCUT2D eigenvalue weighted by molar-refractivity contribution is 0.0493. The Morgan fingerprint density at radius 1 is 1.29 bits per heavy atom. The fourth-order valence-corrected chi connectivity index (χ4v) is 2.32. The highest BCUT2D eigenvalue weighted by Crippen LogP contribution is 2.29. The molecule has 17 heavy (non-hydrogen) atoms. The normalized spacial score (nSPS) is 25.4. The summed E-state index contributed by atoms with van der Waals surface area (Å²) in [7, 11) is 0. The number of hydrogen-bond donors (Lipinski definition) is 2. The smallest absolute Gasteiger partial charge is 0.407 e. The molecule has 0 saturated heterocycles. The summed E-state index contributed by atoms with van der Waals surface area (Å²) in [6, 6.07) is 0. The van der Waals surface area contributed by atoms with Gasteiger partial charge in [-0.2, -0.15) is 0 Å². The van der Waals surface area contributed by atoms with Crippen molar-refractivity contribution in [1.82, 2.24) is 5.32 Å². The lowest BCUT2D eigenvalue weighted by Gasteiger charge is -2.30. The predicted octanol–water partition coefficient (Wildman–Crippen LogP) is 2.31. The Bertz CT molecular complexity index is 248. The maximum atomic E-state index is 11.5. The summed E-state index contributed by atoms with van der Waals surface area (Å²) >= 11 is 0. The SMILES string of the molecule is CC(C)(C)OC(=O)NC[C@@H]1CCCC[C@@H]1CO. The van der Waals surface area contributed by atoms with E-state index in [9.17, 15) is 9.90 Å². The largest absolute Gasteiger partial charge is 0.444 e. The zero-order valence-electron chi connectivity index (χ0n) is 11.2. The monoisotopic (exact) mass is 243 g/mol. The second-order valence-electron chi connectivity index (χ2n) is 5.87. The number of ether oxygens (including phenoxy) is 1. The van der Waals surface area contributed by atoms with E-state index in [0.717, 1.165) is 12.8 Å². The quantitative estimate of drug-likeness (QED) is 0.799. The first-order valence-corrected chi connectivity index (χ1v) is 6.50. The Kier molecular flexibility index (Phi) is 5.25. The molecule has 0 unspecified atom stereocenters. The third-order valence-corrected chi connectivity index (χ3v) is 3.21. The molecule has 1 aliphatic carbocycles. The first-order chi connectivity index (χ1) is 7.92. The number of carbonyl (C=O) groups excluding carboxylic acids is 1. The van der Waals surface area contributed by atoms with E-state index in [4.69, 9.17) is 4.74 Å². The number of aliphatic hydroxyl groups is 1. The van der Waals surface area contributed by atoms with Gasteiger partial charge in [-0.3, -0.25) is 0 Å². The first-order valence-electron chi connectivity index (χ1n) is 6.50. The molecule has 0 aromatic heterocycles. The zero-order chi connectivity index (χ0) is 12.9. The minimum absolute atomic E-state index is 0.223. The molecule has 0 spiro atoms. The number of hydrogen-bond acceptors (Lipinski definition) is 3. The van der Waals surface area contributed by atoms with Crippen molar-refractivity contribution in [3.63, 3.8) is 0 Å². The maximum absolute atomic E-state index is 11.5. The molecule has 0 aromatic carbocycles. The van der Waals surface area contributed by atoms with Gasteiger partial charge in [0.25, 0.3) is 0 Å². The van der Waals surface area contributed by atoms with Crippen molar-refractivity contribution in [3.8, 4) is 0 Å². The Morgan fingerprint density at radius 3 is 2.41 bits per heavy atom. The van der Waals surface area contributed by atoms with Crippen LogP contribution in [0.15, 0.2) is 0 Å². The predicted molar refractivity (Wildman–Crippen MR) is 66.8 cm³/mol. The zero-order valence-corrected chi connectivity index (χ0v) is 11.2. The lowest BCUT2D eigenvalue weighted by Crippen LogP contribution is -2.38.